The lowest BCUT2D eigenvalue weighted by Gasteiger charge is -2.35. The van der Waals surface area contributed by atoms with Crippen molar-refractivity contribution in [2.75, 3.05) is 32.8 Å². The van der Waals surface area contributed by atoms with E-state index in [1.54, 1.807) is 48.2 Å². The van der Waals surface area contributed by atoms with Crippen LogP contribution in [0.1, 0.15) is 13.8 Å². The summed E-state index contributed by atoms with van der Waals surface area (Å²) in [5.74, 6) is 1.12. The van der Waals surface area contributed by atoms with Crippen molar-refractivity contribution >= 4 is 15.9 Å². The number of sulfonamides is 1. The van der Waals surface area contributed by atoms with Crippen molar-refractivity contribution in [1.29, 1.82) is 0 Å². The summed E-state index contributed by atoms with van der Waals surface area (Å²) in [6.07, 6.45) is -0.633. The highest BCUT2D eigenvalue weighted by atomic mass is 32.2. The summed E-state index contributed by atoms with van der Waals surface area (Å²) < 4.78 is 38.2. The van der Waals surface area contributed by atoms with Crippen molar-refractivity contribution in [3.63, 3.8) is 0 Å². The van der Waals surface area contributed by atoms with Gasteiger partial charge in [0.25, 0.3) is 5.91 Å². The van der Waals surface area contributed by atoms with Crippen LogP contribution in [0.25, 0.3) is 0 Å². The fraction of sp³-hybridized carbons (Fsp3) is 0.381. The third-order valence-electron chi connectivity index (χ3n) is 4.73. The summed E-state index contributed by atoms with van der Waals surface area (Å²) in [6.45, 7) is 5.26. The zero-order valence-electron chi connectivity index (χ0n) is 16.7. The van der Waals surface area contributed by atoms with Crippen LogP contribution in [0.4, 0.5) is 0 Å². The monoisotopic (exact) mass is 418 g/mol. The van der Waals surface area contributed by atoms with Gasteiger partial charge in [0, 0.05) is 26.2 Å². The molecule has 1 aliphatic heterocycles. The van der Waals surface area contributed by atoms with Gasteiger partial charge in [-0.05, 0) is 50.2 Å². The first-order valence-corrected chi connectivity index (χ1v) is 11.1. The largest absolute Gasteiger partial charge is 0.494 e. The molecule has 0 saturated carbocycles. The first-order chi connectivity index (χ1) is 13.9. The fourth-order valence-electron chi connectivity index (χ4n) is 3.18. The molecule has 1 saturated heterocycles. The van der Waals surface area contributed by atoms with Gasteiger partial charge in [-0.3, -0.25) is 4.79 Å². The summed E-state index contributed by atoms with van der Waals surface area (Å²) in [5, 5.41) is 0. The summed E-state index contributed by atoms with van der Waals surface area (Å²) >= 11 is 0. The Morgan fingerprint density at radius 2 is 1.59 bits per heavy atom. The standard InChI is InChI=1S/C21H26N2O5S/c1-3-27-18-9-11-20(12-10-18)29(25,26)23-15-13-22(14-16-23)21(24)17(2)28-19-7-5-4-6-8-19/h4-12,17H,3,13-16H2,1-2H3. The Hall–Kier alpha value is -2.58. The van der Waals surface area contributed by atoms with E-state index in [4.69, 9.17) is 9.47 Å². The number of hydrogen-bond acceptors (Lipinski definition) is 5. The molecular weight excluding hydrogens is 392 g/mol. The molecule has 1 amide bonds. The second kappa shape index (κ2) is 9.28. The Morgan fingerprint density at radius 1 is 0.966 bits per heavy atom. The number of ether oxygens (including phenoxy) is 2. The maximum atomic E-state index is 12.9. The molecule has 0 N–H and O–H groups in total. The van der Waals surface area contributed by atoms with Gasteiger partial charge in [0.2, 0.25) is 10.0 Å². The first kappa shape index (κ1) is 21.1. The van der Waals surface area contributed by atoms with E-state index in [0.717, 1.165) is 0 Å². The van der Waals surface area contributed by atoms with E-state index in [-0.39, 0.29) is 23.9 Å². The number of benzene rings is 2. The maximum Gasteiger partial charge on any atom is 0.263 e. The van der Waals surface area contributed by atoms with Gasteiger partial charge in [-0.1, -0.05) is 18.2 Å². The molecule has 156 valence electrons. The zero-order chi connectivity index (χ0) is 20.9. The van der Waals surface area contributed by atoms with Crippen LogP contribution in [0, 0.1) is 0 Å². The molecule has 7 nitrogen and oxygen atoms in total. The van der Waals surface area contributed by atoms with Gasteiger partial charge < -0.3 is 14.4 Å². The van der Waals surface area contributed by atoms with Crippen molar-refractivity contribution < 1.29 is 22.7 Å². The van der Waals surface area contributed by atoms with Crippen molar-refractivity contribution in [3.8, 4) is 11.5 Å². The fourth-order valence-corrected chi connectivity index (χ4v) is 4.61. The van der Waals surface area contributed by atoms with Crippen LogP contribution < -0.4 is 9.47 Å². The van der Waals surface area contributed by atoms with Crippen LogP contribution in [0.2, 0.25) is 0 Å². The molecule has 2 aromatic carbocycles. The summed E-state index contributed by atoms with van der Waals surface area (Å²) in [5.41, 5.74) is 0. The predicted octanol–water partition coefficient (Wildman–Crippen LogP) is 2.39. The summed E-state index contributed by atoms with van der Waals surface area (Å²) in [4.78, 5) is 14.5. The Balaban J connectivity index is 1.58. The molecule has 8 heteroatoms. The highest BCUT2D eigenvalue weighted by Crippen LogP contribution is 2.21. The smallest absolute Gasteiger partial charge is 0.263 e. The Kier molecular flexibility index (Phi) is 6.76. The molecule has 29 heavy (non-hydrogen) atoms. The lowest BCUT2D eigenvalue weighted by molar-refractivity contribution is -0.139. The molecule has 0 aromatic heterocycles. The average Bonchev–Trinajstić information content (AvgIpc) is 2.74. The highest BCUT2D eigenvalue weighted by Gasteiger charge is 2.32. The van der Waals surface area contributed by atoms with E-state index < -0.39 is 16.1 Å². The topological polar surface area (TPSA) is 76.2 Å². The van der Waals surface area contributed by atoms with Gasteiger partial charge in [-0.2, -0.15) is 4.31 Å². The number of carbonyl (C=O) groups is 1. The van der Waals surface area contributed by atoms with Crippen molar-refractivity contribution in [3.05, 3.63) is 54.6 Å². The quantitative estimate of drug-likeness (QED) is 0.690. The SMILES string of the molecule is CCOc1ccc(S(=O)(=O)N2CCN(C(=O)C(C)Oc3ccccc3)CC2)cc1. The number of para-hydroxylation sites is 1. The molecule has 0 aliphatic carbocycles. The highest BCUT2D eigenvalue weighted by molar-refractivity contribution is 7.89. The number of amides is 1. The van der Waals surface area contributed by atoms with E-state index in [0.29, 0.717) is 31.2 Å². The molecule has 0 radical (unpaired) electrons. The van der Waals surface area contributed by atoms with Gasteiger partial charge in [0.1, 0.15) is 11.5 Å². The minimum absolute atomic E-state index is 0.146. The minimum atomic E-state index is -3.60. The average molecular weight is 419 g/mol. The molecule has 0 bridgehead atoms. The number of nitrogens with zero attached hydrogens (tertiary/aromatic N) is 2. The molecule has 1 unspecified atom stereocenters. The number of hydrogen-bond donors (Lipinski definition) is 0. The normalized spacial score (nSPS) is 16.3. The Bertz CT molecular complexity index is 908. The second-order valence-electron chi connectivity index (χ2n) is 6.71. The third-order valence-corrected chi connectivity index (χ3v) is 6.64. The van der Waals surface area contributed by atoms with Crippen LogP contribution >= 0.6 is 0 Å². The van der Waals surface area contributed by atoms with E-state index in [2.05, 4.69) is 0 Å². The molecule has 0 spiro atoms. The maximum absolute atomic E-state index is 12.9. The Labute approximate surface area is 171 Å². The molecule has 1 aliphatic rings. The van der Waals surface area contributed by atoms with Crippen LogP contribution in [-0.2, 0) is 14.8 Å². The molecule has 1 fully saturated rings. The molecule has 2 aromatic rings. The van der Waals surface area contributed by atoms with Crippen LogP contribution in [-0.4, -0.2) is 62.4 Å². The van der Waals surface area contributed by atoms with Gasteiger partial charge in [-0.25, -0.2) is 8.42 Å². The summed E-state index contributed by atoms with van der Waals surface area (Å²) in [7, 11) is -3.60. The lowest BCUT2D eigenvalue weighted by atomic mass is 10.3. The van der Waals surface area contributed by atoms with Gasteiger partial charge in [0.05, 0.1) is 11.5 Å². The van der Waals surface area contributed by atoms with E-state index >= 15 is 0 Å². The third kappa shape index (κ3) is 5.07. The molecule has 3 rings (SSSR count). The van der Waals surface area contributed by atoms with Gasteiger partial charge in [0.15, 0.2) is 6.10 Å². The summed E-state index contributed by atoms with van der Waals surface area (Å²) in [6, 6.07) is 15.6. The minimum Gasteiger partial charge on any atom is -0.494 e. The number of piperazine rings is 1. The molecule has 1 atom stereocenters. The molecule has 1 heterocycles. The van der Waals surface area contributed by atoms with E-state index in [1.807, 2.05) is 25.1 Å². The predicted molar refractivity (Wildman–Crippen MR) is 109 cm³/mol. The van der Waals surface area contributed by atoms with Crippen molar-refractivity contribution in [1.82, 2.24) is 9.21 Å². The van der Waals surface area contributed by atoms with Crippen LogP contribution in [0.5, 0.6) is 11.5 Å². The Morgan fingerprint density at radius 3 is 2.17 bits per heavy atom. The number of rotatable bonds is 7. The van der Waals surface area contributed by atoms with Crippen molar-refractivity contribution in [2.45, 2.75) is 24.8 Å². The second-order valence-corrected chi connectivity index (χ2v) is 8.64. The van der Waals surface area contributed by atoms with Crippen molar-refractivity contribution in [2.24, 2.45) is 0 Å². The van der Waals surface area contributed by atoms with E-state index in [9.17, 15) is 13.2 Å². The lowest BCUT2D eigenvalue weighted by Crippen LogP contribution is -2.53. The van der Waals surface area contributed by atoms with Crippen LogP contribution in [0.3, 0.4) is 0 Å². The first-order valence-electron chi connectivity index (χ1n) is 9.65. The van der Waals surface area contributed by atoms with Gasteiger partial charge >= 0.3 is 0 Å². The number of carbonyl (C=O) groups excluding carboxylic acids is 1. The zero-order valence-corrected chi connectivity index (χ0v) is 17.5. The van der Waals surface area contributed by atoms with Gasteiger partial charge in [-0.15, -0.1) is 0 Å². The van der Waals surface area contributed by atoms with Crippen LogP contribution in [0.15, 0.2) is 59.5 Å². The van der Waals surface area contributed by atoms with E-state index in [1.165, 1.54) is 4.31 Å². The molecular formula is C21H26N2O5S.